The lowest BCUT2D eigenvalue weighted by atomic mass is 9.80. The number of piperidine rings is 1. The van der Waals surface area contributed by atoms with Gasteiger partial charge in [0.05, 0.1) is 6.61 Å². The number of rotatable bonds is 7. The van der Waals surface area contributed by atoms with Crippen molar-refractivity contribution in [3.8, 4) is 0 Å². The Kier molecular flexibility index (Phi) is 6.53. The molecule has 2 unspecified atom stereocenters. The molecule has 1 aliphatic rings. The molecule has 0 spiro atoms. The molecule has 1 heterocycles. The van der Waals surface area contributed by atoms with Crippen molar-refractivity contribution in [2.75, 3.05) is 26.8 Å². The van der Waals surface area contributed by atoms with Gasteiger partial charge in [0.25, 0.3) is 0 Å². The molecule has 2 atom stereocenters. The van der Waals surface area contributed by atoms with Crippen molar-refractivity contribution in [1.29, 1.82) is 0 Å². The van der Waals surface area contributed by atoms with Crippen LogP contribution in [0.25, 0.3) is 0 Å². The predicted molar refractivity (Wildman–Crippen MR) is 91.6 cm³/mol. The number of carbonyl (C=O) groups excluding carboxylic acids is 1. The summed E-state index contributed by atoms with van der Waals surface area (Å²) in [5.41, 5.74) is -0.437. The first-order valence-electron chi connectivity index (χ1n) is 8.64. The largest absolute Gasteiger partial charge is 0.481 e. The lowest BCUT2D eigenvalue weighted by molar-refractivity contribution is -0.159. The number of carbonyl (C=O) groups is 2. The molecule has 0 radical (unpaired) electrons. The van der Waals surface area contributed by atoms with E-state index in [9.17, 15) is 19.1 Å². The van der Waals surface area contributed by atoms with Crippen molar-refractivity contribution < 1.29 is 23.8 Å². The Morgan fingerprint density at radius 2 is 2.12 bits per heavy atom. The summed E-state index contributed by atoms with van der Waals surface area (Å²) in [6.07, 6.45) is 2.15. The summed E-state index contributed by atoms with van der Waals surface area (Å²) in [6, 6.07) is 6.56. The minimum Gasteiger partial charge on any atom is -0.481 e. The van der Waals surface area contributed by atoms with Gasteiger partial charge in [0, 0.05) is 26.1 Å². The van der Waals surface area contributed by atoms with Crippen LogP contribution < -0.4 is 0 Å². The molecule has 0 aromatic heterocycles. The molecular weight excluding hydrogens is 325 g/mol. The van der Waals surface area contributed by atoms with Crippen molar-refractivity contribution in [1.82, 2.24) is 4.90 Å². The predicted octanol–water partition coefficient (Wildman–Crippen LogP) is 2.73. The van der Waals surface area contributed by atoms with Gasteiger partial charge in [-0.3, -0.25) is 9.59 Å². The summed E-state index contributed by atoms with van der Waals surface area (Å²) in [5, 5.41) is 9.58. The van der Waals surface area contributed by atoms with Gasteiger partial charge in [-0.15, -0.1) is 0 Å². The summed E-state index contributed by atoms with van der Waals surface area (Å²) in [5.74, 6) is -1.54. The molecule has 1 aromatic carbocycles. The molecule has 0 saturated carbocycles. The van der Waals surface area contributed by atoms with E-state index >= 15 is 0 Å². The zero-order chi connectivity index (χ0) is 18.4. The molecule has 1 amide bonds. The maximum atomic E-state index is 13.7. The molecule has 1 saturated heterocycles. The van der Waals surface area contributed by atoms with Gasteiger partial charge in [-0.25, -0.2) is 4.39 Å². The van der Waals surface area contributed by atoms with Gasteiger partial charge in [-0.05, 0) is 37.3 Å². The number of hydrogen-bond acceptors (Lipinski definition) is 3. The number of ether oxygens (including phenoxy) is 1. The summed E-state index contributed by atoms with van der Waals surface area (Å²) in [7, 11) is 1.47. The molecule has 1 fully saturated rings. The van der Waals surface area contributed by atoms with Crippen LogP contribution in [0.15, 0.2) is 24.3 Å². The lowest BCUT2D eigenvalue weighted by Gasteiger charge is -2.40. The molecule has 138 valence electrons. The van der Waals surface area contributed by atoms with E-state index in [0.29, 0.717) is 37.8 Å². The Morgan fingerprint density at radius 1 is 1.40 bits per heavy atom. The number of hydrogen-bond donors (Lipinski definition) is 1. The Balaban J connectivity index is 1.98. The second-order valence-corrected chi connectivity index (χ2v) is 6.91. The van der Waals surface area contributed by atoms with Crippen LogP contribution in [0.1, 0.15) is 31.7 Å². The number of likely N-dealkylation sites (tertiary alicyclic amines) is 1. The van der Waals surface area contributed by atoms with E-state index < -0.39 is 11.4 Å². The highest BCUT2D eigenvalue weighted by Crippen LogP contribution is 2.32. The van der Waals surface area contributed by atoms with Crippen molar-refractivity contribution in [3.63, 3.8) is 0 Å². The number of aryl methyl sites for hydroxylation is 1. The quantitative estimate of drug-likeness (QED) is 0.820. The smallest absolute Gasteiger partial charge is 0.313 e. The second-order valence-electron chi connectivity index (χ2n) is 6.91. The standard InChI is InChI=1S/C19H26FNO4/c1-14(8-9-15-6-3-4-7-16(15)20)17(22)21-11-5-10-19(12-21,13-25-2)18(23)24/h3-4,6-7,14H,5,8-13H2,1-2H3,(H,23,24). The Labute approximate surface area is 147 Å². The fourth-order valence-electron chi connectivity index (χ4n) is 3.46. The number of carboxylic acids is 1. The van der Waals surface area contributed by atoms with Crippen molar-refractivity contribution in [2.45, 2.75) is 32.6 Å². The van der Waals surface area contributed by atoms with E-state index in [2.05, 4.69) is 0 Å². The van der Waals surface area contributed by atoms with Crippen LogP contribution in [-0.4, -0.2) is 48.7 Å². The SMILES string of the molecule is COCC1(C(=O)O)CCCN(C(=O)C(C)CCc2ccccc2F)C1. The van der Waals surface area contributed by atoms with E-state index in [4.69, 9.17) is 4.74 Å². The molecule has 0 bridgehead atoms. The van der Waals surface area contributed by atoms with E-state index in [1.807, 2.05) is 6.92 Å². The third-order valence-electron chi connectivity index (χ3n) is 4.99. The van der Waals surface area contributed by atoms with Crippen molar-refractivity contribution in [3.05, 3.63) is 35.6 Å². The highest BCUT2D eigenvalue weighted by Gasteiger charge is 2.44. The number of halogens is 1. The molecule has 2 rings (SSSR count). The first kappa shape index (κ1) is 19.4. The molecule has 1 aliphatic heterocycles. The fraction of sp³-hybridized carbons (Fsp3) is 0.579. The van der Waals surface area contributed by atoms with Crippen LogP contribution >= 0.6 is 0 Å². The fourth-order valence-corrected chi connectivity index (χ4v) is 3.46. The highest BCUT2D eigenvalue weighted by molar-refractivity contribution is 5.81. The van der Waals surface area contributed by atoms with Crippen LogP contribution in [0, 0.1) is 17.2 Å². The van der Waals surface area contributed by atoms with Crippen LogP contribution in [0.5, 0.6) is 0 Å². The van der Waals surface area contributed by atoms with Crippen LogP contribution in [0.2, 0.25) is 0 Å². The maximum Gasteiger partial charge on any atom is 0.313 e. The Hall–Kier alpha value is -1.95. The zero-order valence-corrected chi connectivity index (χ0v) is 14.8. The van der Waals surface area contributed by atoms with Gasteiger partial charge in [0.2, 0.25) is 5.91 Å². The Bertz CT molecular complexity index is 617. The first-order valence-corrected chi connectivity index (χ1v) is 8.64. The van der Waals surface area contributed by atoms with E-state index in [0.717, 1.165) is 0 Å². The molecule has 5 nitrogen and oxygen atoms in total. The van der Waals surface area contributed by atoms with Crippen molar-refractivity contribution in [2.24, 2.45) is 11.3 Å². The number of aliphatic carboxylic acids is 1. The number of carboxylic acid groups (broad SMARTS) is 1. The minimum atomic E-state index is -1.03. The molecule has 25 heavy (non-hydrogen) atoms. The first-order chi connectivity index (χ1) is 11.9. The average molecular weight is 351 g/mol. The third-order valence-corrected chi connectivity index (χ3v) is 4.99. The van der Waals surface area contributed by atoms with Gasteiger partial charge >= 0.3 is 5.97 Å². The maximum absolute atomic E-state index is 13.7. The molecule has 0 aliphatic carbocycles. The molecular formula is C19H26FNO4. The third kappa shape index (κ3) is 4.57. The van der Waals surface area contributed by atoms with Gasteiger partial charge in [-0.2, -0.15) is 0 Å². The average Bonchev–Trinajstić information content (AvgIpc) is 2.60. The van der Waals surface area contributed by atoms with Crippen LogP contribution in [-0.2, 0) is 20.7 Å². The molecule has 1 aromatic rings. The summed E-state index contributed by atoms with van der Waals surface area (Å²) < 4.78 is 18.8. The van der Waals surface area contributed by atoms with E-state index in [-0.39, 0.29) is 30.8 Å². The topological polar surface area (TPSA) is 66.8 Å². The van der Waals surface area contributed by atoms with Crippen molar-refractivity contribution >= 4 is 11.9 Å². The molecule has 6 heteroatoms. The van der Waals surface area contributed by atoms with Gasteiger partial charge in [0.15, 0.2) is 0 Å². The van der Waals surface area contributed by atoms with E-state index in [1.54, 1.807) is 23.1 Å². The van der Waals surface area contributed by atoms with Gasteiger partial charge < -0.3 is 14.7 Å². The normalized spacial score (nSPS) is 21.8. The van der Waals surface area contributed by atoms with Gasteiger partial charge in [0.1, 0.15) is 11.2 Å². The monoisotopic (exact) mass is 351 g/mol. The minimum absolute atomic E-state index is 0.0715. The summed E-state index contributed by atoms with van der Waals surface area (Å²) in [4.78, 5) is 26.0. The summed E-state index contributed by atoms with van der Waals surface area (Å²) >= 11 is 0. The van der Waals surface area contributed by atoms with Crippen LogP contribution in [0.4, 0.5) is 4.39 Å². The van der Waals surface area contributed by atoms with Gasteiger partial charge in [-0.1, -0.05) is 25.1 Å². The highest BCUT2D eigenvalue weighted by atomic mass is 19.1. The lowest BCUT2D eigenvalue weighted by Crippen LogP contribution is -2.53. The summed E-state index contributed by atoms with van der Waals surface area (Å²) in [6.45, 7) is 2.63. The number of amides is 1. The second kappa shape index (κ2) is 8.43. The molecule has 1 N–H and O–H groups in total. The van der Waals surface area contributed by atoms with E-state index in [1.165, 1.54) is 13.2 Å². The number of methoxy groups -OCH3 is 1. The number of benzene rings is 1. The number of nitrogens with zero attached hydrogens (tertiary/aromatic N) is 1. The Morgan fingerprint density at radius 3 is 2.76 bits per heavy atom. The zero-order valence-electron chi connectivity index (χ0n) is 14.8. The van der Waals surface area contributed by atoms with Crippen LogP contribution in [0.3, 0.4) is 0 Å².